The first-order valence-corrected chi connectivity index (χ1v) is 8.09. The van der Waals surface area contributed by atoms with Gasteiger partial charge in [0.05, 0.1) is 13.7 Å². The van der Waals surface area contributed by atoms with E-state index in [1.807, 2.05) is 18.2 Å². The zero-order valence-electron chi connectivity index (χ0n) is 14.3. The summed E-state index contributed by atoms with van der Waals surface area (Å²) in [7, 11) is 1.57. The number of halogens is 1. The normalized spacial score (nSPS) is 10.3. The van der Waals surface area contributed by atoms with Gasteiger partial charge in [-0.25, -0.2) is 9.37 Å². The number of rotatable bonds is 6. The molecule has 5 heteroatoms. The maximum atomic E-state index is 14.5. The molecule has 0 amide bonds. The molecule has 0 bridgehead atoms. The lowest BCUT2D eigenvalue weighted by Gasteiger charge is -2.15. The summed E-state index contributed by atoms with van der Waals surface area (Å²) >= 11 is 0. The van der Waals surface area contributed by atoms with E-state index in [0.717, 1.165) is 10.8 Å². The molecule has 0 spiro atoms. The van der Waals surface area contributed by atoms with Crippen LogP contribution in [0.5, 0.6) is 11.5 Å². The van der Waals surface area contributed by atoms with Crippen molar-refractivity contribution in [3.8, 4) is 28.7 Å². The molecule has 0 unspecified atom stereocenters. The van der Waals surface area contributed by atoms with Crippen molar-refractivity contribution < 1.29 is 13.9 Å². The van der Waals surface area contributed by atoms with Crippen LogP contribution >= 0.6 is 0 Å². The van der Waals surface area contributed by atoms with Crippen LogP contribution in [0.2, 0.25) is 0 Å². The highest BCUT2D eigenvalue weighted by Gasteiger charge is 2.19. The topological polar surface area (TPSA) is 55.1 Å². The number of hydrogen-bond acceptors (Lipinski definition) is 4. The van der Waals surface area contributed by atoms with Gasteiger partial charge >= 0.3 is 0 Å². The minimum Gasteiger partial charge on any atom is -0.497 e. The predicted molar refractivity (Wildman–Crippen MR) is 98.7 cm³/mol. The number of aromatic nitrogens is 1. The fraction of sp³-hybridized carbons (Fsp3) is 0.143. The van der Waals surface area contributed by atoms with Gasteiger partial charge in [0.15, 0.2) is 11.6 Å². The van der Waals surface area contributed by atoms with Crippen molar-refractivity contribution in [3.05, 3.63) is 66.8 Å². The summed E-state index contributed by atoms with van der Waals surface area (Å²) < 4.78 is 25.4. The standard InChI is InChI=1S/C21H17FN2O2/c1-3-4-10-26-21-16(6-5-7-18(21)22)20-17-11-15(25-2)9-8-14(17)13-24-19(20)12-23/h3,5-9,11,13H,1,4,10H2,2H3. The SMILES string of the molecule is C=CCCOc1c(F)cccc1-c1c(C#N)ncc2ccc(OC)cc12. The van der Waals surface area contributed by atoms with E-state index >= 15 is 0 Å². The Morgan fingerprint density at radius 3 is 2.88 bits per heavy atom. The molecular weight excluding hydrogens is 331 g/mol. The van der Waals surface area contributed by atoms with E-state index in [9.17, 15) is 9.65 Å². The lowest BCUT2D eigenvalue weighted by atomic mass is 9.96. The number of pyridine rings is 1. The number of benzene rings is 2. The van der Waals surface area contributed by atoms with Gasteiger partial charge in [0.2, 0.25) is 0 Å². The van der Waals surface area contributed by atoms with E-state index < -0.39 is 5.82 Å². The van der Waals surface area contributed by atoms with Crippen molar-refractivity contribution in [1.29, 1.82) is 5.26 Å². The molecule has 3 aromatic rings. The molecule has 0 aliphatic heterocycles. The highest BCUT2D eigenvalue weighted by Crippen LogP contribution is 2.39. The monoisotopic (exact) mass is 348 g/mol. The maximum absolute atomic E-state index is 14.5. The van der Waals surface area contributed by atoms with Crippen LogP contribution in [0.4, 0.5) is 4.39 Å². The van der Waals surface area contributed by atoms with Crippen molar-refractivity contribution in [3.63, 3.8) is 0 Å². The van der Waals surface area contributed by atoms with Gasteiger partial charge in [0.1, 0.15) is 17.5 Å². The van der Waals surface area contributed by atoms with Gasteiger partial charge in [-0.15, -0.1) is 6.58 Å². The van der Waals surface area contributed by atoms with Crippen molar-refractivity contribution in [2.45, 2.75) is 6.42 Å². The van der Waals surface area contributed by atoms with Crippen LogP contribution in [-0.2, 0) is 0 Å². The fourth-order valence-electron chi connectivity index (χ4n) is 2.77. The van der Waals surface area contributed by atoms with Crippen molar-refractivity contribution in [2.24, 2.45) is 0 Å². The first-order valence-electron chi connectivity index (χ1n) is 8.09. The van der Waals surface area contributed by atoms with Gasteiger partial charge < -0.3 is 9.47 Å². The Hall–Kier alpha value is -3.39. The second-order valence-corrected chi connectivity index (χ2v) is 5.59. The van der Waals surface area contributed by atoms with Crippen LogP contribution in [0, 0.1) is 17.1 Å². The molecule has 1 heterocycles. The molecule has 0 fully saturated rings. The van der Waals surface area contributed by atoms with Gasteiger partial charge in [0.25, 0.3) is 0 Å². The highest BCUT2D eigenvalue weighted by molar-refractivity contribution is 6.00. The van der Waals surface area contributed by atoms with Gasteiger partial charge in [-0.3, -0.25) is 0 Å². The molecule has 4 nitrogen and oxygen atoms in total. The van der Waals surface area contributed by atoms with Crippen LogP contribution in [0.25, 0.3) is 21.9 Å². The molecule has 2 aromatic carbocycles. The Kier molecular flexibility index (Phi) is 5.14. The van der Waals surface area contributed by atoms with Crippen LogP contribution < -0.4 is 9.47 Å². The van der Waals surface area contributed by atoms with E-state index in [0.29, 0.717) is 29.9 Å². The van der Waals surface area contributed by atoms with Crippen LogP contribution in [0.3, 0.4) is 0 Å². The van der Waals surface area contributed by atoms with E-state index in [1.54, 1.807) is 31.5 Å². The second-order valence-electron chi connectivity index (χ2n) is 5.59. The Bertz CT molecular complexity index is 1010. The lowest BCUT2D eigenvalue weighted by molar-refractivity contribution is 0.309. The van der Waals surface area contributed by atoms with Gasteiger partial charge in [-0.05, 0) is 36.1 Å². The van der Waals surface area contributed by atoms with Gasteiger partial charge in [-0.1, -0.05) is 18.2 Å². The summed E-state index contributed by atoms with van der Waals surface area (Å²) in [5.41, 5.74) is 1.21. The number of fused-ring (bicyclic) bond motifs is 1. The van der Waals surface area contributed by atoms with Crippen LogP contribution in [-0.4, -0.2) is 18.7 Å². The summed E-state index contributed by atoms with van der Waals surface area (Å²) in [6.45, 7) is 3.93. The zero-order valence-corrected chi connectivity index (χ0v) is 14.3. The highest BCUT2D eigenvalue weighted by atomic mass is 19.1. The van der Waals surface area contributed by atoms with Crippen LogP contribution in [0.15, 0.2) is 55.3 Å². The molecule has 0 radical (unpaired) electrons. The minimum absolute atomic E-state index is 0.1000. The van der Waals surface area contributed by atoms with E-state index in [-0.39, 0.29) is 11.4 Å². The zero-order chi connectivity index (χ0) is 18.5. The first-order chi connectivity index (χ1) is 12.7. The minimum atomic E-state index is -0.490. The number of nitrogens with zero attached hydrogens (tertiary/aromatic N) is 2. The van der Waals surface area contributed by atoms with E-state index in [4.69, 9.17) is 9.47 Å². The molecule has 0 saturated heterocycles. The quantitative estimate of drug-likeness (QED) is 0.471. The third-order valence-corrected chi connectivity index (χ3v) is 4.01. The third-order valence-electron chi connectivity index (χ3n) is 4.01. The number of methoxy groups -OCH3 is 1. The number of hydrogen-bond donors (Lipinski definition) is 0. The van der Waals surface area contributed by atoms with Gasteiger partial charge in [0, 0.05) is 22.7 Å². The molecule has 1 aromatic heterocycles. The largest absolute Gasteiger partial charge is 0.497 e. The number of ether oxygens (including phenoxy) is 2. The second kappa shape index (κ2) is 7.66. The number of nitriles is 1. The fourth-order valence-corrected chi connectivity index (χ4v) is 2.77. The molecule has 0 saturated carbocycles. The first kappa shape index (κ1) is 17.4. The molecule has 3 rings (SSSR count). The summed E-state index contributed by atoms with van der Waals surface area (Å²) in [5.74, 6) is 0.248. The third kappa shape index (κ3) is 3.22. The molecule has 0 N–H and O–H groups in total. The summed E-state index contributed by atoms with van der Waals surface area (Å²) in [5, 5.41) is 11.1. The molecular formula is C21H17FN2O2. The van der Waals surface area contributed by atoms with E-state index in [1.165, 1.54) is 6.07 Å². The molecule has 0 aliphatic rings. The molecule has 26 heavy (non-hydrogen) atoms. The Balaban J connectivity index is 2.29. The smallest absolute Gasteiger partial charge is 0.165 e. The Labute approximate surface area is 151 Å². The predicted octanol–water partition coefficient (Wildman–Crippen LogP) is 4.88. The van der Waals surface area contributed by atoms with E-state index in [2.05, 4.69) is 17.6 Å². The Morgan fingerprint density at radius 1 is 1.31 bits per heavy atom. The molecule has 130 valence electrons. The average molecular weight is 348 g/mol. The lowest BCUT2D eigenvalue weighted by Crippen LogP contribution is -2.01. The van der Waals surface area contributed by atoms with Crippen molar-refractivity contribution in [2.75, 3.05) is 13.7 Å². The maximum Gasteiger partial charge on any atom is 0.165 e. The summed E-state index contributed by atoms with van der Waals surface area (Å²) in [6.07, 6.45) is 3.90. The Morgan fingerprint density at radius 2 is 2.15 bits per heavy atom. The van der Waals surface area contributed by atoms with Crippen molar-refractivity contribution in [1.82, 2.24) is 4.98 Å². The average Bonchev–Trinajstić information content (AvgIpc) is 2.68. The molecule has 0 aliphatic carbocycles. The van der Waals surface area contributed by atoms with Crippen LogP contribution in [0.1, 0.15) is 12.1 Å². The van der Waals surface area contributed by atoms with Gasteiger partial charge in [-0.2, -0.15) is 5.26 Å². The summed E-state index contributed by atoms with van der Waals surface area (Å²) in [6, 6.07) is 12.2. The van der Waals surface area contributed by atoms with Crippen molar-refractivity contribution >= 4 is 10.8 Å². The molecule has 0 atom stereocenters. The summed E-state index contributed by atoms with van der Waals surface area (Å²) in [4.78, 5) is 4.23. The number of para-hydroxylation sites is 1.